The normalized spacial score (nSPS) is 15.7. The van der Waals surface area contributed by atoms with E-state index in [0.717, 1.165) is 23.2 Å². The van der Waals surface area contributed by atoms with Gasteiger partial charge in [-0.3, -0.25) is 14.9 Å². The second kappa shape index (κ2) is 10.1. The molecule has 2 N–H and O–H groups in total. The molecule has 0 aliphatic carbocycles. The fourth-order valence-corrected chi connectivity index (χ4v) is 5.67. The van der Waals surface area contributed by atoms with Gasteiger partial charge in [-0.2, -0.15) is 4.39 Å². The molecule has 0 bridgehead atoms. The third-order valence-electron chi connectivity index (χ3n) is 6.75. The number of thiophene rings is 1. The number of aromatic nitrogens is 3. The van der Waals surface area contributed by atoms with Crippen LogP contribution in [0.1, 0.15) is 41.9 Å². The van der Waals surface area contributed by atoms with Crippen LogP contribution in [0.5, 0.6) is 0 Å². The molecule has 8 nitrogen and oxygen atoms in total. The molecule has 1 fully saturated rings. The summed E-state index contributed by atoms with van der Waals surface area (Å²) in [6, 6.07) is 11.9. The standard InChI is InChI=1S/C28H28FN5O3S/c1-4-25(35)33-13-5-6-19(33)16-34-21-8-7-18(28(2,3)37)15-20(21)31-27(34)32-26(36)23-10-9-22(38-23)17-11-12-30-24(29)14-17/h4,7-12,14-15,19,37H,1,5-6,13,16H2,2-3H3,(H,31,32,36)/t19-/m1/s1. The summed E-state index contributed by atoms with van der Waals surface area (Å²) in [6.45, 7) is 8.13. The monoisotopic (exact) mass is 533 g/mol. The number of fused-ring (bicyclic) bond motifs is 1. The molecule has 196 valence electrons. The van der Waals surface area contributed by atoms with E-state index in [-0.39, 0.29) is 17.9 Å². The quantitative estimate of drug-likeness (QED) is 0.259. The van der Waals surface area contributed by atoms with Gasteiger partial charge in [0, 0.05) is 30.2 Å². The first-order valence-corrected chi connectivity index (χ1v) is 13.1. The van der Waals surface area contributed by atoms with Crippen LogP contribution in [0.3, 0.4) is 0 Å². The van der Waals surface area contributed by atoms with E-state index in [1.165, 1.54) is 29.7 Å². The van der Waals surface area contributed by atoms with Gasteiger partial charge in [0.15, 0.2) is 0 Å². The zero-order valence-electron chi connectivity index (χ0n) is 21.1. The third kappa shape index (κ3) is 5.09. The lowest BCUT2D eigenvalue weighted by Gasteiger charge is -2.25. The summed E-state index contributed by atoms with van der Waals surface area (Å²) in [6.07, 6.45) is 4.42. The second-order valence-electron chi connectivity index (χ2n) is 9.83. The van der Waals surface area contributed by atoms with Crippen molar-refractivity contribution in [3.63, 3.8) is 0 Å². The number of nitrogens with one attached hydrogen (secondary N) is 1. The summed E-state index contributed by atoms with van der Waals surface area (Å²) in [5, 5.41) is 13.4. The van der Waals surface area contributed by atoms with E-state index in [1.54, 1.807) is 36.9 Å². The van der Waals surface area contributed by atoms with Gasteiger partial charge in [0.25, 0.3) is 5.91 Å². The highest BCUT2D eigenvalue weighted by molar-refractivity contribution is 7.17. The van der Waals surface area contributed by atoms with Gasteiger partial charge < -0.3 is 14.6 Å². The fourth-order valence-electron chi connectivity index (χ4n) is 4.77. The lowest BCUT2D eigenvalue weighted by atomic mass is 9.98. The molecule has 2 amide bonds. The number of hydrogen-bond donors (Lipinski definition) is 2. The van der Waals surface area contributed by atoms with Crippen LogP contribution in [-0.2, 0) is 16.9 Å². The molecule has 10 heteroatoms. The van der Waals surface area contributed by atoms with Crippen molar-refractivity contribution in [2.45, 2.75) is 44.9 Å². The number of anilines is 1. The van der Waals surface area contributed by atoms with Crippen LogP contribution in [0.2, 0.25) is 0 Å². The van der Waals surface area contributed by atoms with Crippen molar-refractivity contribution >= 4 is 40.1 Å². The smallest absolute Gasteiger partial charge is 0.268 e. The molecule has 5 rings (SSSR count). The summed E-state index contributed by atoms with van der Waals surface area (Å²) in [5.74, 6) is -0.705. The summed E-state index contributed by atoms with van der Waals surface area (Å²) in [7, 11) is 0. The first-order chi connectivity index (χ1) is 18.1. The number of carbonyl (C=O) groups is 2. The van der Waals surface area contributed by atoms with Gasteiger partial charge in [0.1, 0.15) is 0 Å². The number of rotatable bonds is 7. The zero-order chi connectivity index (χ0) is 27.0. The highest BCUT2D eigenvalue weighted by Crippen LogP contribution is 2.31. The number of halogens is 1. The molecule has 1 aliphatic heterocycles. The zero-order valence-corrected chi connectivity index (χ0v) is 22.0. The summed E-state index contributed by atoms with van der Waals surface area (Å²) >= 11 is 1.24. The summed E-state index contributed by atoms with van der Waals surface area (Å²) in [5.41, 5.74) is 1.69. The van der Waals surface area contributed by atoms with E-state index in [9.17, 15) is 19.1 Å². The van der Waals surface area contributed by atoms with Crippen molar-refractivity contribution in [3.05, 3.63) is 77.7 Å². The van der Waals surface area contributed by atoms with Gasteiger partial charge in [-0.15, -0.1) is 11.3 Å². The Balaban J connectivity index is 1.48. The minimum Gasteiger partial charge on any atom is -0.386 e. The number of carbonyl (C=O) groups excluding carboxylic acids is 2. The maximum Gasteiger partial charge on any atom is 0.268 e. The summed E-state index contributed by atoms with van der Waals surface area (Å²) in [4.78, 5) is 37.0. The molecule has 1 atom stereocenters. The summed E-state index contributed by atoms with van der Waals surface area (Å²) < 4.78 is 15.5. The maximum atomic E-state index is 13.6. The van der Waals surface area contributed by atoms with E-state index in [2.05, 4.69) is 16.9 Å². The highest BCUT2D eigenvalue weighted by atomic mass is 32.1. The molecule has 1 aromatic carbocycles. The van der Waals surface area contributed by atoms with Gasteiger partial charge in [-0.25, -0.2) is 9.97 Å². The second-order valence-corrected chi connectivity index (χ2v) is 10.9. The molecule has 0 radical (unpaired) electrons. The van der Waals surface area contributed by atoms with E-state index < -0.39 is 11.5 Å². The van der Waals surface area contributed by atoms with Crippen molar-refractivity contribution < 1.29 is 19.1 Å². The Hall–Kier alpha value is -3.89. The van der Waals surface area contributed by atoms with E-state index in [0.29, 0.717) is 40.6 Å². The minimum absolute atomic E-state index is 0.0718. The number of nitrogens with zero attached hydrogens (tertiary/aromatic N) is 4. The molecule has 1 aliphatic rings. The lowest BCUT2D eigenvalue weighted by Crippen LogP contribution is -2.37. The Labute approximate surface area is 223 Å². The predicted molar refractivity (Wildman–Crippen MR) is 145 cm³/mol. The van der Waals surface area contributed by atoms with Crippen LogP contribution in [0.15, 0.2) is 61.3 Å². The van der Waals surface area contributed by atoms with Crippen molar-refractivity contribution in [2.24, 2.45) is 0 Å². The topological polar surface area (TPSA) is 100 Å². The molecule has 3 aromatic heterocycles. The average molecular weight is 534 g/mol. The van der Waals surface area contributed by atoms with Crippen LogP contribution >= 0.6 is 11.3 Å². The SMILES string of the molecule is C=CC(=O)N1CCC[C@@H]1Cn1c(NC(=O)c2ccc(-c3ccnc(F)c3)s2)nc2cc(C(C)(C)O)ccc21. The molecule has 4 heterocycles. The van der Waals surface area contributed by atoms with Crippen LogP contribution in [0.25, 0.3) is 21.5 Å². The number of likely N-dealkylation sites (tertiary alicyclic amines) is 1. The molecular formula is C28H28FN5O3S. The van der Waals surface area contributed by atoms with Crippen LogP contribution in [0.4, 0.5) is 10.3 Å². The number of benzene rings is 1. The van der Waals surface area contributed by atoms with Crippen molar-refractivity contribution in [1.82, 2.24) is 19.4 Å². The number of pyridine rings is 1. The molecule has 0 spiro atoms. The first-order valence-electron chi connectivity index (χ1n) is 12.3. The number of aliphatic hydroxyl groups is 1. The maximum absolute atomic E-state index is 13.6. The third-order valence-corrected chi connectivity index (χ3v) is 7.88. The predicted octanol–water partition coefficient (Wildman–Crippen LogP) is 4.96. The molecule has 0 unspecified atom stereocenters. The number of hydrogen-bond acceptors (Lipinski definition) is 6. The van der Waals surface area contributed by atoms with Crippen molar-refractivity contribution in [1.29, 1.82) is 0 Å². The van der Waals surface area contributed by atoms with Gasteiger partial charge >= 0.3 is 0 Å². The lowest BCUT2D eigenvalue weighted by molar-refractivity contribution is -0.126. The van der Waals surface area contributed by atoms with Gasteiger partial charge in [0.2, 0.25) is 17.8 Å². The Kier molecular flexibility index (Phi) is 6.85. The molecule has 4 aromatic rings. The molecular weight excluding hydrogens is 505 g/mol. The fraction of sp³-hybridized carbons (Fsp3) is 0.286. The van der Waals surface area contributed by atoms with Gasteiger partial charge in [-0.05, 0) is 74.2 Å². The van der Waals surface area contributed by atoms with Crippen LogP contribution < -0.4 is 5.32 Å². The Morgan fingerprint density at radius 1 is 1.26 bits per heavy atom. The Morgan fingerprint density at radius 3 is 2.82 bits per heavy atom. The van der Waals surface area contributed by atoms with E-state index in [1.807, 2.05) is 22.8 Å². The van der Waals surface area contributed by atoms with Crippen LogP contribution in [0, 0.1) is 5.95 Å². The largest absolute Gasteiger partial charge is 0.386 e. The van der Waals surface area contributed by atoms with Gasteiger partial charge in [-0.1, -0.05) is 12.6 Å². The Bertz CT molecular complexity index is 1540. The van der Waals surface area contributed by atoms with Crippen molar-refractivity contribution in [2.75, 3.05) is 11.9 Å². The van der Waals surface area contributed by atoms with E-state index in [4.69, 9.17) is 4.98 Å². The van der Waals surface area contributed by atoms with E-state index >= 15 is 0 Å². The minimum atomic E-state index is -1.06. The Morgan fingerprint density at radius 2 is 2.08 bits per heavy atom. The van der Waals surface area contributed by atoms with Crippen molar-refractivity contribution in [3.8, 4) is 10.4 Å². The number of amides is 2. The molecule has 0 saturated carbocycles. The highest BCUT2D eigenvalue weighted by Gasteiger charge is 2.29. The number of imidazole rings is 1. The first kappa shape index (κ1) is 25.7. The molecule has 1 saturated heterocycles. The van der Waals surface area contributed by atoms with Gasteiger partial charge in [0.05, 0.1) is 27.6 Å². The molecule has 38 heavy (non-hydrogen) atoms. The van der Waals surface area contributed by atoms with Crippen LogP contribution in [-0.4, -0.2) is 48.9 Å². The average Bonchev–Trinajstić information content (AvgIpc) is 3.62.